The van der Waals surface area contributed by atoms with Crippen LogP contribution in [0, 0.1) is 6.92 Å². The first-order valence-electron chi connectivity index (χ1n) is 11.4. The monoisotopic (exact) mass is 495 g/mol. The van der Waals surface area contributed by atoms with Gasteiger partial charge in [-0.25, -0.2) is 14.6 Å². The third-order valence-electron chi connectivity index (χ3n) is 6.00. The first-order valence-corrected chi connectivity index (χ1v) is 11.4. The van der Waals surface area contributed by atoms with Crippen LogP contribution in [0.4, 0.5) is 24.8 Å². The number of benzene rings is 1. The number of fused-ring (bicyclic) bond motifs is 1. The topological polar surface area (TPSA) is 73.9 Å². The summed E-state index contributed by atoms with van der Waals surface area (Å²) in [5.41, 5.74) is 1.61. The second kappa shape index (κ2) is 9.14. The van der Waals surface area contributed by atoms with Crippen LogP contribution in [0.25, 0.3) is 17.8 Å². The zero-order chi connectivity index (χ0) is 25.4. The number of alkyl halides is 3. The number of aromatic nitrogens is 6. The van der Waals surface area contributed by atoms with E-state index in [0.29, 0.717) is 36.3 Å². The maximum atomic E-state index is 13.7. The molecule has 0 aliphatic carbocycles. The van der Waals surface area contributed by atoms with E-state index in [-0.39, 0.29) is 11.7 Å². The Bertz CT molecular complexity index is 1420. The SMILES string of the molecule is COc1nc(C=Cc2nc3n(n2)CCC(C)N3c2ccccc2C(F)(F)F)ccc1-n1cnc(C)c1. The highest BCUT2D eigenvalue weighted by Gasteiger charge is 2.38. The fourth-order valence-electron chi connectivity index (χ4n) is 4.25. The molecule has 1 atom stereocenters. The van der Waals surface area contributed by atoms with E-state index in [1.165, 1.54) is 12.1 Å². The molecule has 3 aromatic heterocycles. The molecule has 186 valence electrons. The van der Waals surface area contributed by atoms with Crippen molar-refractivity contribution in [1.82, 2.24) is 29.3 Å². The molecule has 11 heteroatoms. The number of methoxy groups -OCH3 is 1. The molecule has 4 aromatic rings. The van der Waals surface area contributed by atoms with Crippen LogP contribution in [0.3, 0.4) is 0 Å². The molecule has 1 unspecified atom stereocenters. The lowest BCUT2D eigenvalue weighted by Gasteiger charge is -2.35. The molecule has 1 aliphatic heterocycles. The Balaban J connectivity index is 1.46. The molecule has 0 saturated heterocycles. The molecule has 0 saturated carbocycles. The Hall–Kier alpha value is -4.15. The summed E-state index contributed by atoms with van der Waals surface area (Å²) in [7, 11) is 1.54. The highest BCUT2D eigenvalue weighted by atomic mass is 19.4. The van der Waals surface area contributed by atoms with Crippen molar-refractivity contribution in [2.24, 2.45) is 0 Å². The third-order valence-corrected chi connectivity index (χ3v) is 6.00. The molecule has 1 aliphatic rings. The van der Waals surface area contributed by atoms with Crippen molar-refractivity contribution in [3.63, 3.8) is 0 Å². The highest BCUT2D eigenvalue weighted by Crippen LogP contribution is 2.41. The van der Waals surface area contributed by atoms with Crippen molar-refractivity contribution in [1.29, 1.82) is 0 Å². The maximum absolute atomic E-state index is 13.7. The minimum atomic E-state index is -4.48. The van der Waals surface area contributed by atoms with Crippen LogP contribution in [0.15, 0.2) is 48.9 Å². The molecule has 36 heavy (non-hydrogen) atoms. The van der Waals surface area contributed by atoms with Crippen molar-refractivity contribution < 1.29 is 17.9 Å². The Labute approximate surface area is 205 Å². The molecule has 8 nitrogen and oxygen atoms in total. The van der Waals surface area contributed by atoms with E-state index in [4.69, 9.17) is 4.74 Å². The summed E-state index contributed by atoms with van der Waals surface area (Å²) in [5, 5.41) is 4.50. The first kappa shape index (κ1) is 23.6. The zero-order valence-electron chi connectivity index (χ0n) is 19.9. The van der Waals surface area contributed by atoms with E-state index < -0.39 is 11.7 Å². The molecular weight excluding hydrogens is 471 g/mol. The van der Waals surface area contributed by atoms with Crippen molar-refractivity contribution in [3.8, 4) is 11.6 Å². The molecule has 0 spiro atoms. The van der Waals surface area contributed by atoms with Gasteiger partial charge in [-0.15, -0.1) is 5.10 Å². The van der Waals surface area contributed by atoms with E-state index in [1.807, 2.05) is 36.7 Å². The number of halogens is 3. The van der Waals surface area contributed by atoms with Crippen molar-refractivity contribution >= 4 is 23.8 Å². The minimum absolute atomic E-state index is 0.0677. The number of para-hydroxylation sites is 1. The smallest absolute Gasteiger partial charge is 0.418 e. The van der Waals surface area contributed by atoms with Gasteiger partial charge in [0, 0.05) is 18.8 Å². The van der Waals surface area contributed by atoms with Crippen LogP contribution in [-0.2, 0) is 12.7 Å². The summed E-state index contributed by atoms with van der Waals surface area (Å²) >= 11 is 0. The predicted octanol–water partition coefficient (Wildman–Crippen LogP) is 5.30. The number of hydrogen-bond acceptors (Lipinski definition) is 6. The Morgan fingerprint density at radius 1 is 1.06 bits per heavy atom. The lowest BCUT2D eigenvalue weighted by Crippen LogP contribution is -2.37. The number of anilines is 2. The second-order valence-corrected chi connectivity index (χ2v) is 8.54. The third kappa shape index (κ3) is 4.43. The summed E-state index contributed by atoms with van der Waals surface area (Å²) < 4.78 is 50.1. The van der Waals surface area contributed by atoms with Gasteiger partial charge in [-0.1, -0.05) is 12.1 Å². The summed E-state index contributed by atoms with van der Waals surface area (Å²) in [6, 6.07) is 9.07. The standard InChI is InChI=1S/C25H24F3N7O/c1-16-14-33(15-29-16)21-10-8-18(30-23(21)36-3)9-11-22-31-24-34(32-22)13-12-17(2)35(24)20-7-5-4-6-19(20)25(26,27)28/h4-11,14-15,17H,12-13H2,1-3H3. The Morgan fingerprint density at radius 2 is 1.86 bits per heavy atom. The van der Waals surface area contributed by atoms with Crippen LogP contribution in [0.5, 0.6) is 5.88 Å². The fourth-order valence-corrected chi connectivity index (χ4v) is 4.25. The number of hydrogen-bond donors (Lipinski definition) is 0. The molecule has 0 radical (unpaired) electrons. The van der Waals surface area contributed by atoms with Gasteiger partial charge in [-0.05, 0) is 56.7 Å². The van der Waals surface area contributed by atoms with Crippen LogP contribution in [0.2, 0.25) is 0 Å². The minimum Gasteiger partial charge on any atom is -0.479 e. The molecule has 5 rings (SSSR count). The summed E-state index contributed by atoms with van der Waals surface area (Å²) in [6.45, 7) is 4.35. The van der Waals surface area contributed by atoms with Crippen LogP contribution in [-0.4, -0.2) is 42.5 Å². The van der Waals surface area contributed by atoms with E-state index in [9.17, 15) is 13.2 Å². The molecular formula is C25H24F3N7O. The quantitative estimate of drug-likeness (QED) is 0.374. The van der Waals surface area contributed by atoms with Crippen LogP contribution in [0.1, 0.15) is 36.1 Å². The van der Waals surface area contributed by atoms with Gasteiger partial charge in [0.2, 0.25) is 11.8 Å². The normalized spacial score (nSPS) is 15.9. The van der Waals surface area contributed by atoms with Gasteiger partial charge >= 0.3 is 6.18 Å². The zero-order valence-corrected chi connectivity index (χ0v) is 19.9. The summed E-state index contributed by atoms with van der Waals surface area (Å²) in [6.07, 6.45) is 3.15. The van der Waals surface area contributed by atoms with Crippen molar-refractivity contribution in [2.75, 3.05) is 12.0 Å². The molecule has 0 bridgehead atoms. The first-order chi connectivity index (χ1) is 17.2. The number of imidazole rings is 1. The van der Waals surface area contributed by atoms with Gasteiger partial charge in [0.1, 0.15) is 5.69 Å². The van der Waals surface area contributed by atoms with Crippen LogP contribution >= 0.6 is 0 Å². The van der Waals surface area contributed by atoms with E-state index in [1.54, 1.807) is 41.2 Å². The molecule has 0 amide bonds. The second-order valence-electron chi connectivity index (χ2n) is 8.54. The largest absolute Gasteiger partial charge is 0.479 e. The molecule has 0 fully saturated rings. The number of nitrogens with zero attached hydrogens (tertiary/aromatic N) is 7. The van der Waals surface area contributed by atoms with Gasteiger partial charge < -0.3 is 14.2 Å². The molecule has 4 heterocycles. The van der Waals surface area contributed by atoms with Gasteiger partial charge in [0.25, 0.3) is 0 Å². The fraction of sp³-hybridized carbons (Fsp3) is 0.280. The summed E-state index contributed by atoms with van der Waals surface area (Å²) in [4.78, 5) is 14.9. The Kier molecular flexibility index (Phi) is 5.99. The lowest BCUT2D eigenvalue weighted by molar-refractivity contribution is -0.137. The molecule has 0 N–H and O–H groups in total. The van der Waals surface area contributed by atoms with E-state index >= 15 is 0 Å². The van der Waals surface area contributed by atoms with E-state index in [2.05, 4.69) is 20.1 Å². The average Bonchev–Trinajstić information content (AvgIpc) is 3.48. The highest BCUT2D eigenvalue weighted by molar-refractivity contribution is 5.68. The lowest BCUT2D eigenvalue weighted by atomic mass is 10.1. The molecule has 1 aromatic carbocycles. The van der Waals surface area contributed by atoms with Crippen molar-refractivity contribution in [3.05, 3.63) is 71.7 Å². The van der Waals surface area contributed by atoms with Crippen LogP contribution < -0.4 is 9.64 Å². The maximum Gasteiger partial charge on any atom is 0.418 e. The number of pyridine rings is 1. The van der Waals surface area contributed by atoms with Gasteiger partial charge in [-0.3, -0.25) is 0 Å². The van der Waals surface area contributed by atoms with Crippen molar-refractivity contribution in [2.45, 2.75) is 39.0 Å². The average molecular weight is 496 g/mol. The predicted molar refractivity (Wildman–Crippen MR) is 129 cm³/mol. The van der Waals surface area contributed by atoms with Gasteiger partial charge in [-0.2, -0.15) is 18.2 Å². The summed E-state index contributed by atoms with van der Waals surface area (Å²) in [5.74, 6) is 1.18. The van der Waals surface area contributed by atoms with Gasteiger partial charge in [0.15, 0.2) is 5.82 Å². The number of ether oxygens (including phenoxy) is 1. The Morgan fingerprint density at radius 3 is 2.58 bits per heavy atom. The van der Waals surface area contributed by atoms with E-state index in [0.717, 1.165) is 17.4 Å². The number of rotatable bonds is 5. The number of aryl methyl sites for hydroxylation is 2. The van der Waals surface area contributed by atoms with Gasteiger partial charge in [0.05, 0.1) is 36.1 Å².